The van der Waals surface area contributed by atoms with Gasteiger partial charge < -0.3 is 15.2 Å². The fraction of sp³-hybridized carbons (Fsp3) is 0.190. The Morgan fingerprint density at radius 3 is 2.68 bits per heavy atom. The number of carbonyl (C=O) groups is 2. The Bertz CT molecular complexity index is 970. The van der Waals surface area contributed by atoms with Gasteiger partial charge in [-0.15, -0.1) is 0 Å². The topological polar surface area (TPSA) is 76.0 Å². The predicted octanol–water partition coefficient (Wildman–Crippen LogP) is 3.40. The van der Waals surface area contributed by atoms with E-state index in [4.69, 9.17) is 0 Å². The van der Waals surface area contributed by atoms with Crippen LogP contribution in [0.5, 0.6) is 0 Å². The van der Waals surface area contributed by atoms with E-state index in [1.54, 1.807) is 30.7 Å². The number of hydrogen-bond donors (Lipinski definition) is 2. The smallest absolute Gasteiger partial charge is 0.255 e. The Balaban J connectivity index is 1.60. The summed E-state index contributed by atoms with van der Waals surface area (Å²) in [5.74, 6) is -1.12. The number of nitrogens with zero attached hydrogens (tertiary/aromatic N) is 2. The Labute approximate surface area is 162 Å². The molecule has 144 valence electrons. The zero-order valence-electron chi connectivity index (χ0n) is 15.5. The van der Waals surface area contributed by atoms with E-state index >= 15 is 0 Å². The lowest BCUT2D eigenvalue weighted by Gasteiger charge is -2.11. The van der Waals surface area contributed by atoms with Gasteiger partial charge in [0.15, 0.2) is 0 Å². The molecule has 0 saturated heterocycles. The number of benzene rings is 2. The highest BCUT2D eigenvalue weighted by Gasteiger charge is 2.12. The van der Waals surface area contributed by atoms with Gasteiger partial charge in [-0.25, -0.2) is 9.37 Å². The van der Waals surface area contributed by atoms with E-state index in [1.165, 1.54) is 24.3 Å². The fourth-order valence-electron chi connectivity index (χ4n) is 2.71. The molecule has 3 aromatic rings. The maximum Gasteiger partial charge on any atom is 0.255 e. The van der Waals surface area contributed by atoms with Crippen LogP contribution >= 0.6 is 0 Å². The SMILES string of the molecule is Cc1ccc(C(=O)NCCCn2ccnc2)cc1NC(=O)c1cccc(F)c1. The Morgan fingerprint density at radius 2 is 1.93 bits per heavy atom. The molecular formula is C21H21FN4O2. The number of amides is 2. The van der Waals surface area contributed by atoms with Crippen molar-refractivity contribution in [1.29, 1.82) is 0 Å². The van der Waals surface area contributed by atoms with Crippen LogP contribution in [0.15, 0.2) is 61.2 Å². The largest absolute Gasteiger partial charge is 0.352 e. The minimum atomic E-state index is -0.479. The summed E-state index contributed by atoms with van der Waals surface area (Å²) in [5, 5.41) is 5.60. The third-order valence-electron chi connectivity index (χ3n) is 4.27. The molecular weight excluding hydrogens is 359 g/mol. The predicted molar refractivity (Wildman–Crippen MR) is 105 cm³/mol. The molecule has 0 aliphatic carbocycles. The van der Waals surface area contributed by atoms with Gasteiger partial charge in [0.05, 0.1) is 6.33 Å². The highest BCUT2D eigenvalue weighted by Crippen LogP contribution is 2.18. The first-order chi connectivity index (χ1) is 13.5. The molecule has 0 aliphatic rings. The molecule has 0 saturated carbocycles. The van der Waals surface area contributed by atoms with Gasteiger partial charge in [-0.2, -0.15) is 0 Å². The molecule has 0 bridgehead atoms. The molecule has 7 heteroatoms. The van der Waals surface area contributed by atoms with Crippen LogP contribution in [-0.4, -0.2) is 27.9 Å². The Kier molecular flexibility index (Phi) is 6.16. The highest BCUT2D eigenvalue weighted by molar-refractivity contribution is 6.05. The Hall–Kier alpha value is -3.48. The molecule has 3 rings (SSSR count). The van der Waals surface area contributed by atoms with E-state index in [-0.39, 0.29) is 11.5 Å². The van der Waals surface area contributed by atoms with Crippen LogP contribution in [0.1, 0.15) is 32.7 Å². The number of halogens is 1. The average Bonchev–Trinajstić information content (AvgIpc) is 3.20. The minimum Gasteiger partial charge on any atom is -0.352 e. The molecule has 0 unspecified atom stereocenters. The maximum atomic E-state index is 13.3. The second-order valence-electron chi connectivity index (χ2n) is 6.40. The fourth-order valence-corrected chi connectivity index (χ4v) is 2.71. The van der Waals surface area contributed by atoms with Gasteiger partial charge in [0.1, 0.15) is 5.82 Å². The van der Waals surface area contributed by atoms with Crippen molar-refractivity contribution in [2.75, 3.05) is 11.9 Å². The van der Waals surface area contributed by atoms with E-state index in [2.05, 4.69) is 15.6 Å². The number of aromatic nitrogens is 2. The lowest BCUT2D eigenvalue weighted by molar-refractivity contribution is 0.0951. The molecule has 28 heavy (non-hydrogen) atoms. The first kappa shape index (κ1) is 19.3. The van der Waals surface area contributed by atoms with E-state index in [9.17, 15) is 14.0 Å². The second kappa shape index (κ2) is 8.94. The summed E-state index contributed by atoms with van der Waals surface area (Å²) in [6, 6.07) is 10.5. The van der Waals surface area contributed by atoms with Gasteiger partial charge >= 0.3 is 0 Å². The molecule has 0 atom stereocenters. The van der Waals surface area contributed by atoms with Gasteiger partial charge in [-0.1, -0.05) is 12.1 Å². The molecule has 1 heterocycles. The summed E-state index contributed by atoms with van der Waals surface area (Å²) in [5.41, 5.74) is 1.98. The summed E-state index contributed by atoms with van der Waals surface area (Å²) in [7, 11) is 0. The molecule has 2 aromatic carbocycles. The summed E-state index contributed by atoms with van der Waals surface area (Å²) in [4.78, 5) is 28.7. The molecule has 0 fully saturated rings. The van der Waals surface area contributed by atoms with Crippen LogP contribution in [0.2, 0.25) is 0 Å². The van der Waals surface area contributed by atoms with E-state index in [0.29, 0.717) is 17.8 Å². The molecule has 0 aliphatic heterocycles. The molecule has 2 N–H and O–H groups in total. The number of imidazole rings is 1. The number of hydrogen-bond acceptors (Lipinski definition) is 3. The molecule has 1 aromatic heterocycles. The van der Waals surface area contributed by atoms with Gasteiger partial charge in [0.2, 0.25) is 0 Å². The van der Waals surface area contributed by atoms with E-state index in [1.807, 2.05) is 17.7 Å². The highest BCUT2D eigenvalue weighted by atomic mass is 19.1. The number of aryl methyl sites for hydroxylation is 2. The molecule has 0 radical (unpaired) electrons. The number of rotatable bonds is 7. The summed E-state index contributed by atoms with van der Waals surface area (Å²) in [6.45, 7) is 3.12. The standard InChI is InChI=1S/C21H21FN4O2/c1-15-6-7-17(20(27)24-8-3-10-26-11-9-23-14-26)13-19(15)25-21(28)16-4-2-5-18(22)12-16/h2,4-7,9,11-14H,3,8,10H2,1H3,(H,24,27)(H,25,28). The van der Waals surface area contributed by atoms with Gasteiger partial charge in [0, 0.05) is 42.3 Å². The van der Waals surface area contributed by atoms with Crippen LogP contribution in [-0.2, 0) is 6.54 Å². The van der Waals surface area contributed by atoms with Crippen molar-refractivity contribution in [3.8, 4) is 0 Å². The van der Waals surface area contributed by atoms with Gasteiger partial charge in [-0.3, -0.25) is 9.59 Å². The first-order valence-electron chi connectivity index (χ1n) is 8.94. The Morgan fingerprint density at radius 1 is 1.11 bits per heavy atom. The van der Waals surface area contributed by atoms with Crippen molar-refractivity contribution < 1.29 is 14.0 Å². The lowest BCUT2D eigenvalue weighted by atomic mass is 10.1. The zero-order chi connectivity index (χ0) is 19.9. The van der Waals surface area contributed by atoms with Crippen molar-refractivity contribution in [3.63, 3.8) is 0 Å². The maximum absolute atomic E-state index is 13.3. The first-order valence-corrected chi connectivity index (χ1v) is 8.94. The third-order valence-corrected chi connectivity index (χ3v) is 4.27. The van der Waals surface area contributed by atoms with Crippen LogP contribution < -0.4 is 10.6 Å². The summed E-state index contributed by atoms with van der Waals surface area (Å²) < 4.78 is 15.3. The van der Waals surface area contributed by atoms with E-state index in [0.717, 1.165) is 18.5 Å². The van der Waals surface area contributed by atoms with Crippen LogP contribution in [0.3, 0.4) is 0 Å². The van der Waals surface area contributed by atoms with Crippen molar-refractivity contribution in [2.45, 2.75) is 19.9 Å². The molecule has 0 spiro atoms. The lowest BCUT2D eigenvalue weighted by Crippen LogP contribution is -2.25. The van der Waals surface area contributed by atoms with Crippen LogP contribution in [0, 0.1) is 12.7 Å². The third kappa shape index (κ3) is 5.03. The normalized spacial score (nSPS) is 10.5. The van der Waals surface area contributed by atoms with Gasteiger partial charge in [-0.05, 0) is 49.2 Å². The molecule has 2 amide bonds. The quantitative estimate of drug-likeness (QED) is 0.617. The average molecular weight is 380 g/mol. The summed E-state index contributed by atoms with van der Waals surface area (Å²) in [6.07, 6.45) is 6.09. The van der Waals surface area contributed by atoms with E-state index < -0.39 is 11.7 Å². The number of anilines is 1. The van der Waals surface area contributed by atoms with Crippen molar-refractivity contribution >= 4 is 17.5 Å². The number of carbonyl (C=O) groups excluding carboxylic acids is 2. The van der Waals surface area contributed by atoms with Crippen molar-refractivity contribution in [2.24, 2.45) is 0 Å². The number of nitrogens with one attached hydrogen (secondary N) is 2. The summed E-state index contributed by atoms with van der Waals surface area (Å²) >= 11 is 0. The van der Waals surface area contributed by atoms with Crippen molar-refractivity contribution in [3.05, 3.63) is 83.7 Å². The van der Waals surface area contributed by atoms with Gasteiger partial charge in [0.25, 0.3) is 11.8 Å². The minimum absolute atomic E-state index is 0.216. The van der Waals surface area contributed by atoms with Crippen LogP contribution in [0.4, 0.5) is 10.1 Å². The molecule has 6 nitrogen and oxygen atoms in total. The van der Waals surface area contributed by atoms with Crippen molar-refractivity contribution in [1.82, 2.24) is 14.9 Å². The zero-order valence-corrected chi connectivity index (χ0v) is 15.5. The van der Waals surface area contributed by atoms with Crippen LogP contribution in [0.25, 0.3) is 0 Å². The monoisotopic (exact) mass is 380 g/mol. The second-order valence-corrected chi connectivity index (χ2v) is 6.40.